The van der Waals surface area contributed by atoms with Crippen molar-refractivity contribution >= 4 is 28.8 Å². The number of carbonyl (C=O) groups excluding carboxylic acids is 2. The van der Waals surface area contributed by atoms with E-state index in [1.54, 1.807) is 15.7 Å². The molecule has 210 valence electrons. The lowest BCUT2D eigenvalue weighted by Crippen LogP contribution is -2.59. The zero-order chi connectivity index (χ0) is 28.1. The van der Waals surface area contributed by atoms with E-state index in [1.807, 2.05) is 45.0 Å². The molecule has 11 nitrogen and oxygen atoms in total. The Morgan fingerprint density at radius 2 is 2.05 bits per heavy atom. The van der Waals surface area contributed by atoms with Crippen molar-refractivity contribution in [1.29, 1.82) is 0 Å². The van der Waals surface area contributed by atoms with Crippen molar-refractivity contribution in [2.45, 2.75) is 76.4 Å². The van der Waals surface area contributed by atoms with Crippen LogP contribution in [0.3, 0.4) is 0 Å². The number of ether oxygens (including phenoxy) is 1. The van der Waals surface area contributed by atoms with Gasteiger partial charge in [-0.2, -0.15) is 0 Å². The van der Waals surface area contributed by atoms with Gasteiger partial charge in [0, 0.05) is 6.54 Å². The van der Waals surface area contributed by atoms with Crippen molar-refractivity contribution in [2.24, 2.45) is 17.8 Å². The standard InChI is InChI=1S/C28H37N5O6/c1-5-13-31(16-32-20-10-8-7-9-19(20)29-30-32)25(36)23-28-12-11-27(6-2,39-28)22(26(37)38)21(28)24(35)33(23)18(15-34)14-17(3)4/h5,7-10,17-18,21-23,34H,1,6,11-16H2,2-4H3,(H,37,38)/t18-,21+,22+,23?,27-,28?/m1/s1. The average Bonchev–Trinajstić information content (AvgIpc) is 3.63. The molecule has 3 saturated heterocycles. The van der Waals surface area contributed by atoms with Crippen LogP contribution in [-0.4, -0.2) is 89.2 Å². The van der Waals surface area contributed by atoms with E-state index in [0.717, 1.165) is 5.52 Å². The van der Waals surface area contributed by atoms with Crippen molar-refractivity contribution in [2.75, 3.05) is 13.2 Å². The fourth-order valence-corrected chi connectivity index (χ4v) is 7.25. The van der Waals surface area contributed by atoms with Gasteiger partial charge in [-0.25, -0.2) is 4.68 Å². The van der Waals surface area contributed by atoms with E-state index in [4.69, 9.17) is 4.74 Å². The highest BCUT2D eigenvalue weighted by molar-refractivity contribution is 5.98. The maximum atomic E-state index is 14.6. The number of amides is 2. The van der Waals surface area contributed by atoms with E-state index in [1.165, 1.54) is 4.90 Å². The quantitative estimate of drug-likeness (QED) is 0.414. The van der Waals surface area contributed by atoms with Crippen LogP contribution in [0.15, 0.2) is 36.9 Å². The molecule has 3 aliphatic rings. The fourth-order valence-electron chi connectivity index (χ4n) is 7.25. The molecule has 2 unspecified atom stereocenters. The summed E-state index contributed by atoms with van der Waals surface area (Å²) in [6.07, 6.45) is 3.33. The molecule has 0 saturated carbocycles. The summed E-state index contributed by atoms with van der Waals surface area (Å²) in [6.45, 7) is 9.53. The molecule has 1 aromatic heterocycles. The van der Waals surface area contributed by atoms with Gasteiger partial charge in [-0.1, -0.05) is 44.2 Å². The van der Waals surface area contributed by atoms with Gasteiger partial charge in [0.2, 0.25) is 11.8 Å². The summed E-state index contributed by atoms with van der Waals surface area (Å²) in [6, 6.07) is 5.67. The number of rotatable bonds is 11. The van der Waals surface area contributed by atoms with Gasteiger partial charge in [0.15, 0.2) is 0 Å². The first kappa shape index (κ1) is 27.3. The Kier molecular flexibility index (Phi) is 7.00. The lowest BCUT2D eigenvalue weighted by molar-refractivity contribution is -0.161. The minimum absolute atomic E-state index is 0.0555. The van der Waals surface area contributed by atoms with Crippen molar-refractivity contribution < 1.29 is 29.3 Å². The number of hydrogen-bond donors (Lipinski definition) is 2. The normalized spacial score (nSPS) is 30.2. The maximum absolute atomic E-state index is 14.6. The van der Waals surface area contributed by atoms with E-state index in [-0.39, 0.29) is 31.6 Å². The van der Waals surface area contributed by atoms with E-state index in [0.29, 0.717) is 31.2 Å². The topological polar surface area (TPSA) is 138 Å². The first-order chi connectivity index (χ1) is 18.6. The molecule has 0 aliphatic carbocycles. The number of hydrogen-bond acceptors (Lipinski definition) is 7. The summed E-state index contributed by atoms with van der Waals surface area (Å²) in [5.74, 6) is -3.84. The number of carbonyl (C=O) groups is 3. The van der Waals surface area contributed by atoms with E-state index in [9.17, 15) is 24.6 Å². The van der Waals surface area contributed by atoms with Gasteiger partial charge in [0.1, 0.15) is 29.7 Å². The summed E-state index contributed by atoms with van der Waals surface area (Å²) < 4.78 is 8.25. The summed E-state index contributed by atoms with van der Waals surface area (Å²) in [7, 11) is 0. The number of aliphatic hydroxyl groups is 1. The number of aliphatic carboxylic acids is 1. The Morgan fingerprint density at radius 3 is 2.69 bits per heavy atom. The molecule has 1 spiro atoms. The summed E-state index contributed by atoms with van der Waals surface area (Å²) >= 11 is 0. The van der Waals surface area contributed by atoms with Gasteiger partial charge in [-0.05, 0) is 43.7 Å². The van der Waals surface area contributed by atoms with Crippen LogP contribution in [0.4, 0.5) is 0 Å². The molecule has 2 bridgehead atoms. The van der Waals surface area contributed by atoms with Gasteiger partial charge in [-0.15, -0.1) is 11.7 Å². The lowest BCUT2D eigenvalue weighted by atomic mass is 9.65. The molecule has 0 radical (unpaired) electrons. The van der Waals surface area contributed by atoms with Crippen LogP contribution in [-0.2, 0) is 25.8 Å². The number of carboxylic acids is 1. The molecule has 39 heavy (non-hydrogen) atoms. The highest BCUT2D eigenvalue weighted by Gasteiger charge is 2.79. The van der Waals surface area contributed by atoms with Gasteiger partial charge in [0.05, 0.1) is 29.7 Å². The number of para-hydroxylation sites is 1. The third-order valence-corrected chi connectivity index (χ3v) is 8.85. The summed E-state index contributed by atoms with van der Waals surface area (Å²) in [5, 5.41) is 29.1. The maximum Gasteiger partial charge on any atom is 0.310 e. The highest BCUT2D eigenvalue weighted by atomic mass is 16.5. The molecule has 2 N–H and O–H groups in total. The second-order valence-electron chi connectivity index (χ2n) is 11.5. The first-order valence-corrected chi connectivity index (χ1v) is 13.7. The monoisotopic (exact) mass is 539 g/mol. The molecule has 11 heteroatoms. The third kappa shape index (κ3) is 4.05. The molecule has 3 fully saturated rings. The van der Waals surface area contributed by atoms with E-state index < -0.39 is 47.0 Å². The predicted octanol–water partition coefficient (Wildman–Crippen LogP) is 2.05. The molecule has 5 rings (SSSR count). The molecule has 1 aromatic carbocycles. The van der Waals surface area contributed by atoms with Crippen LogP contribution < -0.4 is 0 Å². The smallest absolute Gasteiger partial charge is 0.310 e. The van der Waals surface area contributed by atoms with Crippen molar-refractivity contribution in [1.82, 2.24) is 24.8 Å². The van der Waals surface area contributed by atoms with Crippen molar-refractivity contribution in [3.63, 3.8) is 0 Å². The number of fused-ring (bicyclic) bond motifs is 2. The van der Waals surface area contributed by atoms with Crippen LogP contribution in [0.5, 0.6) is 0 Å². The third-order valence-electron chi connectivity index (χ3n) is 8.85. The predicted molar refractivity (Wildman–Crippen MR) is 141 cm³/mol. The number of likely N-dealkylation sites (tertiary alicyclic amines) is 1. The molecule has 2 amide bonds. The number of benzene rings is 1. The van der Waals surface area contributed by atoms with Crippen LogP contribution in [0.25, 0.3) is 11.0 Å². The van der Waals surface area contributed by atoms with E-state index in [2.05, 4.69) is 16.9 Å². The molecular weight excluding hydrogens is 502 g/mol. The average molecular weight is 540 g/mol. The molecule has 6 atom stereocenters. The summed E-state index contributed by atoms with van der Waals surface area (Å²) in [4.78, 5) is 44.3. The van der Waals surface area contributed by atoms with Gasteiger partial charge >= 0.3 is 5.97 Å². The van der Waals surface area contributed by atoms with Gasteiger partial charge in [-0.3, -0.25) is 14.4 Å². The number of nitrogens with zero attached hydrogens (tertiary/aromatic N) is 5. The van der Waals surface area contributed by atoms with Crippen molar-refractivity contribution in [3.05, 3.63) is 36.9 Å². The second-order valence-corrected chi connectivity index (χ2v) is 11.5. The zero-order valence-electron chi connectivity index (χ0n) is 22.7. The SMILES string of the molecule is C=CCN(Cn1nnc2ccccc21)C(=O)C1N([C@@H](CO)CC(C)C)C(=O)[C@@H]2[C@@H](C(=O)O)[C@@]3(CC)CCC12O3. The number of aliphatic hydroxyl groups excluding tert-OH is 1. The van der Waals surface area contributed by atoms with Crippen LogP contribution in [0.1, 0.15) is 46.5 Å². The Morgan fingerprint density at radius 1 is 1.31 bits per heavy atom. The Hall–Kier alpha value is -3.31. The van der Waals surface area contributed by atoms with E-state index >= 15 is 0 Å². The Labute approximate surface area is 227 Å². The lowest BCUT2D eigenvalue weighted by Gasteiger charge is -2.40. The second kappa shape index (κ2) is 10.0. The van der Waals surface area contributed by atoms with Crippen LogP contribution >= 0.6 is 0 Å². The minimum Gasteiger partial charge on any atom is -0.481 e. The number of aromatic nitrogens is 3. The Balaban J connectivity index is 1.60. The zero-order valence-corrected chi connectivity index (χ0v) is 22.7. The largest absolute Gasteiger partial charge is 0.481 e. The number of carboxylic acid groups (broad SMARTS) is 1. The highest BCUT2D eigenvalue weighted by Crippen LogP contribution is 2.64. The molecule has 3 aliphatic heterocycles. The Bertz CT molecular complexity index is 1290. The molecular formula is C28H37N5O6. The van der Waals surface area contributed by atoms with Gasteiger partial charge in [0.25, 0.3) is 0 Å². The molecule has 4 heterocycles. The van der Waals surface area contributed by atoms with Gasteiger partial charge < -0.3 is 24.7 Å². The minimum atomic E-state index is -1.29. The summed E-state index contributed by atoms with van der Waals surface area (Å²) in [5.41, 5.74) is -0.864. The van der Waals surface area contributed by atoms with Crippen molar-refractivity contribution in [3.8, 4) is 0 Å². The van der Waals surface area contributed by atoms with Crippen LogP contribution in [0, 0.1) is 17.8 Å². The molecule has 2 aromatic rings. The first-order valence-electron chi connectivity index (χ1n) is 13.7. The van der Waals surface area contributed by atoms with Crippen LogP contribution in [0.2, 0.25) is 0 Å². The fraction of sp³-hybridized carbons (Fsp3) is 0.607.